The first-order valence-electron chi connectivity index (χ1n) is 7.44. The molecule has 5 heteroatoms. The molecule has 1 aliphatic rings. The maximum absolute atomic E-state index is 12.3. The second-order valence-corrected chi connectivity index (χ2v) is 5.56. The number of anilines is 1. The number of fused-ring (bicyclic) bond motifs is 2. The van der Waals surface area contributed by atoms with Gasteiger partial charge in [0.05, 0.1) is 17.0 Å². The van der Waals surface area contributed by atoms with Crippen LogP contribution in [0.25, 0.3) is 22.4 Å². The Morgan fingerprint density at radius 3 is 2.95 bits per heavy atom. The van der Waals surface area contributed by atoms with Crippen LogP contribution in [-0.4, -0.2) is 27.4 Å². The summed E-state index contributed by atoms with van der Waals surface area (Å²) in [5.74, 6) is 0.871. The molecule has 1 aromatic carbocycles. The number of imidazole rings is 1. The van der Waals surface area contributed by atoms with Crippen molar-refractivity contribution in [3.63, 3.8) is 0 Å². The molecule has 0 saturated carbocycles. The molecule has 3 aromatic rings. The molecule has 3 heterocycles. The Kier molecular flexibility index (Phi) is 2.76. The van der Waals surface area contributed by atoms with E-state index in [9.17, 15) is 4.79 Å². The zero-order valence-corrected chi connectivity index (χ0v) is 12.5. The van der Waals surface area contributed by atoms with E-state index in [0.29, 0.717) is 6.54 Å². The van der Waals surface area contributed by atoms with E-state index in [2.05, 4.69) is 21.0 Å². The summed E-state index contributed by atoms with van der Waals surface area (Å²) in [6, 6.07) is 7.92. The normalized spacial score (nSPS) is 17.3. The number of aromatic nitrogens is 3. The van der Waals surface area contributed by atoms with E-state index in [1.165, 1.54) is 0 Å². The molecule has 0 saturated heterocycles. The number of H-pyrrole nitrogens is 1. The molecule has 1 N–H and O–H groups in total. The van der Waals surface area contributed by atoms with Crippen molar-refractivity contribution in [3.8, 4) is 11.4 Å². The number of pyridine rings is 1. The quantitative estimate of drug-likeness (QED) is 0.789. The Hall–Kier alpha value is -2.69. The first kappa shape index (κ1) is 13.0. The van der Waals surface area contributed by atoms with Gasteiger partial charge in [-0.15, -0.1) is 0 Å². The standard InChI is InChI=1S/C17H16N4O/c1-3-21-15-8-14-13(7-12(15)10(2)17(21)22)19-16(20-14)11-5-4-6-18-9-11/h4-10H,3H2,1-2H3,(H,19,20). The zero-order valence-electron chi connectivity index (χ0n) is 12.5. The number of aromatic amines is 1. The van der Waals surface area contributed by atoms with Crippen LogP contribution in [0.3, 0.4) is 0 Å². The van der Waals surface area contributed by atoms with Gasteiger partial charge in [0, 0.05) is 30.2 Å². The Bertz CT molecular complexity index is 869. The Labute approximate surface area is 128 Å². The van der Waals surface area contributed by atoms with Gasteiger partial charge in [0.2, 0.25) is 5.91 Å². The van der Waals surface area contributed by atoms with E-state index < -0.39 is 0 Å². The summed E-state index contributed by atoms with van der Waals surface area (Å²) in [6.45, 7) is 4.64. The van der Waals surface area contributed by atoms with E-state index in [1.54, 1.807) is 12.4 Å². The van der Waals surface area contributed by atoms with Crippen molar-refractivity contribution < 1.29 is 4.79 Å². The fourth-order valence-electron chi connectivity index (χ4n) is 3.09. The van der Waals surface area contributed by atoms with Gasteiger partial charge in [-0.25, -0.2) is 4.98 Å². The SMILES string of the molecule is CCN1C(=O)C(C)c2cc3[nH]c(-c4cccnc4)nc3cc21. The van der Waals surface area contributed by atoms with Gasteiger partial charge in [0.25, 0.3) is 0 Å². The third kappa shape index (κ3) is 1.75. The van der Waals surface area contributed by atoms with Gasteiger partial charge in [0.1, 0.15) is 5.82 Å². The topological polar surface area (TPSA) is 61.9 Å². The predicted octanol–water partition coefficient (Wildman–Crippen LogP) is 3.09. The monoisotopic (exact) mass is 292 g/mol. The van der Waals surface area contributed by atoms with Crippen LogP contribution in [0.5, 0.6) is 0 Å². The van der Waals surface area contributed by atoms with Gasteiger partial charge >= 0.3 is 0 Å². The van der Waals surface area contributed by atoms with E-state index in [0.717, 1.165) is 33.7 Å². The Morgan fingerprint density at radius 2 is 2.23 bits per heavy atom. The summed E-state index contributed by atoms with van der Waals surface area (Å²) in [5.41, 5.74) is 4.83. The lowest BCUT2D eigenvalue weighted by Gasteiger charge is -2.14. The van der Waals surface area contributed by atoms with Crippen molar-refractivity contribution in [2.45, 2.75) is 19.8 Å². The Morgan fingerprint density at radius 1 is 1.36 bits per heavy atom. The first-order chi connectivity index (χ1) is 10.7. The summed E-state index contributed by atoms with van der Waals surface area (Å²) in [5, 5.41) is 0. The highest BCUT2D eigenvalue weighted by atomic mass is 16.2. The van der Waals surface area contributed by atoms with Crippen molar-refractivity contribution in [2.24, 2.45) is 0 Å². The third-order valence-corrected chi connectivity index (χ3v) is 4.28. The summed E-state index contributed by atoms with van der Waals surface area (Å²) in [4.78, 5) is 26.2. The van der Waals surface area contributed by atoms with Crippen LogP contribution in [0.15, 0.2) is 36.7 Å². The molecular formula is C17H16N4O. The van der Waals surface area contributed by atoms with E-state index in [-0.39, 0.29) is 11.8 Å². The molecule has 0 bridgehead atoms. The fourth-order valence-corrected chi connectivity index (χ4v) is 3.09. The summed E-state index contributed by atoms with van der Waals surface area (Å²) < 4.78 is 0. The Balaban J connectivity index is 1.89. The van der Waals surface area contributed by atoms with Crippen LogP contribution in [0.2, 0.25) is 0 Å². The third-order valence-electron chi connectivity index (χ3n) is 4.28. The first-order valence-corrected chi connectivity index (χ1v) is 7.44. The number of likely N-dealkylation sites (N-methyl/N-ethyl adjacent to an activating group) is 1. The molecule has 5 nitrogen and oxygen atoms in total. The molecular weight excluding hydrogens is 276 g/mol. The molecule has 4 rings (SSSR count). The molecule has 1 amide bonds. The second kappa shape index (κ2) is 4.66. The van der Waals surface area contributed by atoms with Crippen LogP contribution >= 0.6 is 0 Å². The van der Waals surface area contributed by atoms with E-state index in [1.807, 2.05) is 36.9 Å². The molecule has 110 valence electrons. The fraction of sp³-hybridized carbons (Fsp3) is 0.235. The van der Waals surface area contributed by atoms with Gasteiger partial charge in [0.15, 0.2) is 0 Å². The lowest BCUT2D eigenvalue weighted by molar-refractivity contribution is -0.118. The lowest BCUT2D eigenvalue weighted by Crippen LogP contribution is -2.27. The predicted molar refractivity (Wildman–Crippen MR) is 85.8 cm³/mol. The highest BCUT2D eigenvalue weighted by Crippen LogP contribution is 2.39. The molecule has 1 unspecified atom stereocenters. The number of hydrogen-bond acceptors (Lipinski definition) is 3. The van der Waals surface area contributed by atoms with Crippen molar-refractivity contribution in [3.05, 3.63) is 42.2 Å². The minimum absolute atomic E-state index is 0.0931. The van der Waals surface area contributed by atoms with Gasteiger partial charge in [-0.05, 0) is 43.7 Å². The van der Waals surface area contributed by atoms with Gasteiger partial charge in [-0.3, -0.25) is 9.78 Å². The largest absolute Gasteiger partial charge is 0.338 e. The van der Waals surface area contributed by atoms with Crippen molar-refractivity contribution in [1.29, 1.82) is 0 Å². The molecule has 22 heavy (non-hydrogen) atoms. The molecule has 1 atom stereocenters. The van der Waals surface area contributed by atoms with Crippen molar-refractivity contribution in [1.82, 2.24) is 15.0 Å². The minimum Gasteiger partial charge on any atom is -0.338 e. The summed E-state index contributed by atoms with van der Waals surface area (Å²) >= 11 is 0. The minimum atomic E-state index is -0.0931. The highest BCUT2D eigenvalue weighted by molar-refractivity contribution is 6.06. The van der Waals surface area contributed by atoms with Gasteiger partial charge < -0.3 is 9.88 Å². The maximum Gasteiger partial charge on any atom is 0.234 e. The molecule has 0 radical (unpaired) electrons. The number of rotatable bonds is 2. The molecule has 1 aliphatic heterocycles. The van der Waals surface area contributed by atoms with Crippen LogP contribution in [0, 0.1) is 0 Å². The lowest BCUT2D eigenvalue weighted by atomic mass is 10.0. The molecule has 0 aliphatic carbocycles. The average molecular weight is 292 g/mol. The number of nitrogens with one attached hydrogen (secondary N) is 1. The number of carbonyl (C=O) groups is 1. The number of nitrogens with zero attached hydrogens (tertiary/aromatic N) is 3. The number of amides is 1. The van der Waals surface area contributed by atoms with Crippen molar-refractivity contribution >= 4 is 22.6 Å². The molecule has 2 aromatic heterocycles. The van der Waals surface area contributed by atoms with Gasteiger partial charge in [-0.1, -0.05) is 0 Å². The number of benzene rings is 1. The van der Waals surface area contributed by atoms with Crippen molar-refractivity contribution in [2.75, 3.05) is 11.4 Å². The zero-order chi connectivity index (χ0) is 15.3. The van der Waals surface area contributed by atoms with Crippen LogP contribution in [0.1, 0.15) is 25.3 Å². The smallest absolute Gasteiger partial charge is 0.234 e. The second-order valence-electron chi connectivity index (χ2n) is 5.56. The van der Waals surface area contributed by atoms with E-state index in [4.69, 9.17) is 0 Å². The molecule has 0 fully saturated rings. The maximum atomic E-state index is 12.3. The van der Waals surface area contributed by atoms with Crippen LogP contribution < -0.4 is 4.90 Å². The number of carbonyl (C=O) groups excluding carboxylic acids is 1. The number of hydrogen-bond donors (Lipinski definition) is 1. The average Bonchev–Trinajstić information content (AvgIpc) is 3.06. The summed E-state index contributed by atoms with van der Waals surface area (Å²) in [7, 11) is 0. The van der Waals surface area contributed by atoms with Crippen LogP contribution in [-0.2, 0) is 4.79 Å². The molecule has 0 spiro atoms. The van der Waals surface area contributed by atoms with Crippen LogP contribution in [0.4, 0.5) is 5.69 Å². The van der Waals surface area contributed by atoms with Gasteiger partial charge in [-0.2, -0.15) is 0 Å². The highest BCUT2D eigenvalue weighted by Gasteiger charge is 2.33. The van der Waals surface area contributed by atoms with E-state index >= 15 is 0 Å². The summed E-state index contributed by atoms with van der Waals surface area (Å²) in [6.07, 6.45) is 3.53.